The molecule has 11 nitrogen and oxygen atoms in total. The van der Waals surface area contributed by atoms with Crippen LogP contribution in [0.2, 0.25) is 5.02 Å². The number of carbonyl (C=O) groups is 3. The van der Waals surface area contributed by atoms with E-state index in [-0.39, 0.29) is 41.3 Å². The fourth-order valence-corrected chi connectivity index (χ4v) is 5.85. The van der Waals surface area contributed by atoms with E-state index in [0.29, 0.717) is 32.2 Å². The van der Waals surface area contributed by atoms with Crippen LogP contribution in [0.3, 0.4) is 0 Å². The Labute approximate surface area is 196 Å². The van der Waals surface area contributed by atoms with Crippen LogP contribution >= 0.6 is 11.6 Å². The lowest BCUT2D eigenvalue weighted by Crippen LogP contribution is -2.58. The molecule has 3 aliphatic rings. The number of anilines is 1. The molecule has 2 saturated heterocycles. The fraction of sp³-hybridized carbons (Fsp3) is 0.550. The van der Waals surface area contributed by atoms with Gasteiger partial charge in [0, 0.05) is 38.8 Å². The summed E-state index contributed by atoms with van der Waals surface area (Å²) in [5, 5.41) is -0.200. The van der Waals surface area contributed by atoms with Crippen LogP contribution in [0.25, 0.3) is 0 Å². The van der Waals surface area contributed by atoms with E-state index in [4.69, 9.17) is 22.1 Å². The number of sulfonamides is 1. The highest BCUT2D eigenvalue weighted by Crippen LogP contribution is 2.33. The Balaban J connectivity index is 1.52. The molecule has 3 N–H and O–H groups in total. The minimum atomic E-state index is -4.42. The monoisotopic (exact) mass is 499 g/mol. The third kappa shape index (κ3) is 5.14. The van der Waals surface area contributed by atoms with E-state index < -0.39 is 27.9 Å². The normalized spacial score (nSPS) is 21.2. The highest BCUT2D eigenvalue weighted by Gasteiger charge is 2.38. The summed E-state index contributed by atoms with van der Waals surface area (Å²) < 4.78 is 33.4. The van der Waals surface area contributed by atoms with Crippen molar-refractivity contribution in [2.45, 2.75) is 29.8 Å². The van der Waals surface area contributed by atoms with E-state index in [1.807, 2.05) is 0 Å². The molecule has 2 aliphatic heterocycles. The Bertz CT molecular complexity index is 1060. The van der Waals surface area contributed by atoms with Crippen LogP contribution in [-0.4, -0.2) is 94.0 Å². The highest BCUT2D eigenvalue weighted by molar-refractivity contribution is 7.89. The van der Waals surface area contributed by atoms with Crippen LogP contribution in [0, 0.1) is 0 Å². The van der Waals surface area contributed by atoms with Crippen molar-refractivity contribution < 1.29 is 27.5 Å². The second-order valence-corrected chi connectivity index (χ2v) is 10.3. The number of morpholine rings is 1. The zero-order chi connectivity index (χ0) is 23.8. The van der Waals surface area contributed by atoms with Crippen molar-refractivity contribution in [3.05, 3.63) is 23.2 Å². The molecule has 0 spiro atoms. The van der Waals surface area contributed by atoms with E-state index in [9.17, 15) is 22.8 Å². The summed E-state index contributed by atoms with van der Waals surface area (Å²) in [6, 6.07) is 2.96. The van der Waals surface area contributed by atoms with Gasteiger partial charge < -0.3 is 20.3 Å². The zero-order valence-corrected chi connectivity index (χ0v) is 19.5. The Morgan fingerprint density at radius 2 is 1.85 bits per heavy atom. The minimum absolute atomic E-state index is 0.141. The first-order valence-corrected chi connectivity index (χ1v) is 12.6. The summed E-state index contributed by atoms with van der Waals surface area (Å²) in [5.41, 5.74) is 5.59. The molecule has 1 aromatic rings. The molecule has 0 unspecified atom stereocenters. The molecule has 2 heterocycles. The number of primary amides is 1. The van der Waals surface area contributed by atoms with Gasteiger partial charge in [0.25, 0.3) is 11.8 Å². The number of hydrogen-bond donors (Lipinski definition) is 2. The molecule has 13 heteroatoms. The van der Waals surface area contributed by atoms with E-state index in [0.717, 1.165) is 12.8 Å². The molecule has 1 atom stereocenters. The second-order valence-electron chi connectivity index (χ2n) is 8.24. The summed E-state index contributed by atoms with van der Waals surface area (Å²) in [6.45, 7) is 2.45. The maximum atomic E-state index is 13.1. The van der Waals surface area contributed by atoms with Gasteiger partial charge in [0.05, 0.1) is 17.3 Å². The van der Waals surface area contributed by atoms with Crippen LogP contribution in [-0.2, 0) is 29.1 Å². The van der Waals surface area contributed by atoms with Crippen molar-refractivity contribution in [1.29, 1.82) is 0 Å². The average Bonchev–Trinajstić information content (AvgIpc) is 3.63. The van der Waals surface area contributed by atoms with Crippen molar-refractivity contribution in [3.63, 3.8) is 0 Å². The third-order valence-electron chi connectivity index (χ3n) is 6.00. The largest absolute Gasteiger partial charge is 0.370 e. The number of nitrogens with zero attached hydrogens (tertiary/aromatic N) is 3. The van der Waals surface area contributed by atoms with Crippen LogP contribution in [0.5, 0.6) is 0 Å². The van der Waals surface area contributed by atoms with Crippen molar-refractivity contribution in [2.75, 3.05) is 50.8 Å². The fourth-order valence-electron chi connectivity index (χ4n) is 4.07. The van der Waals surface area contributed by atoms with E-state index >= 15 is 0 Å². The van der Waals surface area contributed by atoms with Crippen LogP contribution in [0.15, 0.2) is 23.1 Å². The van der Waals surface area contributed by atoms with Crippen molar-refractivity contribution >= 4 is 45.0 Å². The number of hydrogen-bond acceptors (Lipinski definition) is 7. The molecule has 1 aromatic carbocycles. The summed E-state index contributed by atoms with van der Waals surface area (Å²) in [6.07, 6.45) is 2.29. The number of nitrogens with one attached hydrogen (secondary N) is 1. The topological polar surface area (TPSA) is 142 Å². The maximum absolute atomic E-state index is 13.1. The quantitative estimate of drug-likeness (QED) is 0.465. The van der Waals surface area contributed by atoms with Crippen LogP contribution < -0.4 is 15.4 Å². The van der Waals surface area contributed by atoms with Gasteiger partial charge in [-0.25, -0.2) is 8.42 Å². The zero-order valence-electron chi connectivity index (χ0n) is 17.9. The summed E-state index contributed by atoms with van der Waals surface area (Å²) in [5.74, 6) is -2.16. The van der Waals surface area contributed by atoms with Gasteiger partial charge in [-0.05, 0) is 25.0 Å². The van der Waals surface area contributed by atoms with Gasteiger partial charge in [0.1, 0.15) is 11.5 Å². The standard InChI is InChI=1S/C20H26ClN5O6S/c21-17-14(26-10-11-32-12-16(26)27)2-1-3-15(17)33(30,31)23-18(19(22)28)20(29)25-8-6-24(7-9-25)13-4-5-13/h1-3,13,18,23H,4-12H2,(H2,22,28)/t18-/m0/s1. The van der Waals surface area contributed by atoms with E-state index in [1.165, 1.54) is 28.0 Å². The molecule has 3 amide bonds. The average molecular weight is 500 g/mol. The number of ether oxygens (including phenoxy) is 1. The Hall–Kier alpha value is -2.25. The molecular formula is C20H26ClN5O6S. The number of halogens is 1. The Morgan fingerprint density at radius 3 is 2.45 bits per heavy atom. The molecule has 3 fully saturated rings. The molecular weight excluding hydrogens is 474 g/mol. The number of carbonyl (C=O) groups excluding carboxylic acids is 3. The molecule has 33 heavy (non-hydrogen) atoms. The SMILES string of the molecule is NC(=O)[C@H](NS(=O)(=O)c1cccc(N2CCOCC2=O)c1Cl)C(=O)N1CCN(C2CC2)CC1. The number of amides is 3. The predicted molar refractivity (Wildman–Crippen MR) is 119 cm³/mol. The van der Waals surface area contributed by atoms with Crippen LogP contribution in [0.4, 0.5) is 5.69 Å². The van der Waals surface area contributed by atoms with Gasteiger partial charge in [-0.15, -0.1) is 0 Å². The molecule has 4 rings (SSSR count). The summed E-state index contributed by atoms with van der Waals surface area (Å²) in [4.78, 5) is 41.9. The second kappa shape index (κ2) is 9.55. The first-order chi connectivity index (χ1) is 15.7. The van der Waals surface area contributed by atoms with Gasteiger partial charge in [0.2, 0.25) is 15.9 Å². The maximum Gasteiger partial charge on any atom is 0.253 e. The molecule has 0 aromatic heterocycles. The molecule has 1 aliphatic carbocycles. The lowest BCUT2D eigenvalue weighted by molar-refractivity contribution is -0.139. The predicted octanol–water partition coefficient (Wildman–Crippen LogP) is -0.858. The molecule has 0 bridgehead atoms. The third-order valence-corrected chi connectivity index (χ3v) is 7.98. The minimum Gasteiger partial charge on any atom is -0.370 e. The van der Waals surface area contributed by atoms with Gasteiger partial charge in [-0.2, -0.15) is 4.72 Å². The van der Waals surface area contributed by atoms with Gasteiger partial charge in [-0.3, -0.25) is 19.3 Å². The number of nitrogens with two attached hydrogens (primary N) is 1. The van der Waals surface area contributed by atoms with Gasteiger partial charge >= 0.3 is 0 Å². The Morgan fingerprint density at radius 1 is 1.15 bits per heavy atom. The lowest BCUT2D eigenvalue weighted by Gasteiger charge is -2.36. The van der Waals surface area contributed by atoms with Crippen molar-refractivity contribution in [3.8, 4) is 0 Å². The number of benzene rings is 1. The highest BCUT2D eigenvalue weighted by atomic mass is 35.5. The summed E-state index contributed by atoms with van der Waals surface area (Å²) >= 11 is 6.36. The first kappa shape index (κ1) is 23.9. The number of rotatable bonds is 7. The van der Waals surface area contributed by atoms with Crippen molar-refractivity contribution in [2.24, 2.45) is 5.73 Å². The number of piperazine rings is 1. The van der Waals surface area contributed by atoms with Gasteiger partial charge in [-0.1, -0.05) is 17.7 Å². The molecule has 180 valence electrons. The molecule has 0 radical (unpaired) electrons. The van der Waals surface area contributed by atoms with E-state index in [1.54, 1.807) is 0 Å². The summed E-state index contributed by atoms with van der Waals surface area (Å²) in [7, 11) is -4.42. The van der Waals surface area contributed by atoms with E-state index in [2.05, 4.69) is 9.62 Å². The van der Waals surface area contributed by atoms with Gasteiger partial charge in [0.15, 0.2) is 6.04 Å². The first-order valence-electron chi connectivity index (χ1n) is 10.7. The van der Waals surface area contributed by atoms with Crippen molar-refractivity contribution in [1.82, 2.24) is 14.5 Å². The Kier molecular flexibility index (Phi) is 6.91. The smallest absolute Gasteiger partial charge is 0.253 e. The lowest BCUT2D eigenvalue weighted by atomic mass is 10.2. The van der Waals surface area contributed by atoms with Crippen LogP contribution in [0.1, 0.15) is 12.8 Å². The molecule has 1 saturated carbocycles.